The normalized spacial score (nSPS) is 19.3. The zero-order valence-corrected chi connectivity index (χ0v) is 17.6. The Morgan fingerprint density at radius 2 is 1.58 bits per heavy atom. The number of halogens is 1. The third-order valence-electron chi connectivity index (χ3n) is 5.31. The van der Waals surface area contributed by atoms with Crippen LogP contribution in [0.1, 0.15) is 16.7 Å². The van der Waals surface area contributed by atoms with Gasteiger partial charge in [-0.15, -0.1) is 4.00 Å². The summed E-state index contributed by atoms with van der Waals surface area (Å²) in [5.74, 6) is 1.52. The number of quaternary nitrogens is 1. The van der Waals surface area contributed by atoms with E-state index in [1.807, 2.05) is 79.0 Å². The maximum Gasteiger partial charge on any atom is 0.263 e. The number of allylic oxidation sites excluding steroid dienone is 2. The number of nitrogens with zero attached hydrogens (tertiary/aromatic N) is 3. The number of ether oxygens (including phenoxy) is 1. The number of fused-ring (bicyclic) bond motifs is 1. The largest absolute Gasteiger partial charge is 0.489 e. The van der Waals surface area contributed by atoms with Crippen molar-refractivity contribution in [1.29, 1.82) is 0 Å². The molecule has 2 aliphatic heterocycles. The Labute approximate surface area is 186 Å². The minimum absolute atomic E-state index is 0.0200. The predicted octanol–water partition coefficient (Wildman–Crippen LogP) is 6.01. The van der Waals surface area contributed by atoms with Crippen molar-refractivity contribution in [2.45, 2.75) is 13.0 Å². The van der Waals surface area contributed by atoms with Gasteiger partial charge in [-0.2, -0.15) is 4.99 Å². The van der Waals surface area contributed by atoms with Crippen LogP contribution in [0.2, 0.25) is 0 Å². The van der Waals surface area contributed by atoms with Crippen LogP contribution in [0.3, 0.4) is 0 Å². The van der Waals surface area contributed by atoms with Crippen LogP contribution in [0.4, 0.5) is 0 Å². The van der Waals surface area contributed by atoms with Gasteiger partial charge >= 0.3 is 0 Å². The average Bonchev–Trinajstić information content (AvgIpc) is 3.11. The predicted molar refractivity (Wildman–Crippen MR) is 125 cm³/mol. The van der Waals surface area contributed by atoms with Gasteiger partial charge in [0.05, 0.1) is 18.0 Å². The summed E-state index contributed by atoms with van der Waals surface area (Å²) in [5.41, 5.74) is 5.01. The molecule has 0 aromatic heterocycles. The Balaban J connectivity index is 1.45. The summed E-state index contributed by atoms with van der Waals surface area (Å²) in [6.07, 6.45) is 6.06. The van der Waals surface area contributed by atoms with Gasteiger partial charge in [0.15, 0.2) is 11.8 Å². The second-order valence-electron chi connectivity index (χ2n) is 7.44. The fourth-order valence-corrected chi connectivity index (χ4v) is 4.08. The van der Waals surface area contributed by atoms with Gasteiger partial charge in [0.2, 0.25) is 5.70 Å². The quantitative estimate of drug-likeness (QED) is 0.444. The van der Waals surface area contributed by atoms with E-state index >= 15 is 0 Å². The van der Waals surface area contributed by atoms with Gasteiger partial charge in [-0.05, 0) is 29.3 Å². The smallest absolute Gasteiger partial charge is 0.263 e. The monoisotopic (exact) mass is 426 g/mol. The lowest BCUT2D eigenvalue weighted by Gasteiger charge is -2.23. The van der Waals surface area contributed by atoms with Crippen LogP contribution in [-0.2, 0) is 13.0 Å². The van der Waals surface area contributed by atoms with E-state index in [0.717, 1.165) is 34.1 Å². The number of benzene rings is 3. The molecular formula is C26H21ClN3O+. The van der Waals surface area contributed by atoms with Gasteiger partial charge in [-0.1, -0.05) is 66.7 Å². The lowest BCUT2D eigenvalue weighted by atomic mass is 10.1. The van der Waals surface area contributed by atoms with Crippen LogP contribution in [-0.4, -0.2) is 16.1 Å². The molecule has 0 amide bonds. The van der Waals surface area contributed by atoms with Crippen LogP contribution >= 0.6 is 11.8 Å². The molecule has 0 fully saturated rings. The highest BCUT2D eigenvalue weighted by Gasteiger charge is 2.45. The summed E-state index contributed by atoms with van der Waals surface area (Å²) >= 11 is 7.09. The number of hydrogen-bond acceptors (Lipinski definition) is 3. The highest BCUT2D eigenvalue weighted by atomic mass is 35.5. The van der Waals surface area contributed by atoms with Gasteiger partial charge in [0.25, 0.3) is 5.84 Å². The number of rotatable bonds is 6. The third kappa shape index (κ3) is 3.96. The van der Waals surface area contributed by atoms with Crippen molar-refractivity contribution in [3.63, 3.8) is 0 Å². The summed E-state index contributed by atoms with van der Waals surface area (Å²) in [6, 6.07) is 28.3. The van der Waals surface area contributed by atoms with Crippen LogP contribution in [0.25, 0.3) is 0 Å². The van der Waals surface area contributed by atoms with E-state index in [2.05, 4.69) is 17.1 Å². The first kappa shape index (κ1) is 19.5. The number of aliphatic imine (C=N–C) groups is 2. The molecule has 3 aromatic carbocycles. The standard InChI is InChI=1S/C26H21ClN3O/c27-30-15-14-28-18-25(30)24(16-20-8-3-1-4-9-20)29-26(30)22-12-7-13-23(17-22)31-19-21-10-5-2-6-11-21/h1-15,17-18H,16,19H2/q+1. The lowest BCUT2D eigenvalue weighted by molar-refractivity contribution is -0.600. The molecule has 5 heteroatoms. The molecule has 0 radical (unpaired) electrons. The van der Waals surface area contributed by atoms with E-state index in [-0.39, 0.29) is 4.00 Å². The summed E-state index contributed by atoms with van der Waals surface area (Å²) in [7, 11) is 0. The molecule has 0 aliphatic carbocycles. The summed E-state index contributed by atoms with van der Waals surface area (Å²) in [4.78, 5) is 9.27. The van der Waals surface area contributed by atoms with E-state index in [9.17, 15) is 0 Å². The zero-order valence-electron chi connectivity index (χ0n) is 16.9. The molecule has 0 N–H and O–H groups in total. The highest BCUT2D eigenvalue weighted by Crippen LogP contribution is 2.38. The molecule has 2 heterocycles. The van der Waals surface area contributed by atoms with Crippen molar-refractivity contribution < 1.29 is 8.74 Å². The van der Waals surface area contributed by atoms with Crippen LogP contribution in [0.15, 0.2) is 119 Å². The molecule has 4 nitrogen and oxygen atoms in total. The Kier molecular flexibility index (Phi) is 5.24. The Morgan fingerprint density at radius 1 is 0.839 bits per heavy atom. The zero-order chi connectivity index (χ0) is 21.1. The maximum absolute atomic E-state index is 7.09. The van der Waals surface area contributed by atoms with Crippen molar-refractivity contribution in [2.24, 2.45) is 9.98 Å². The molecule has 31 heavy (non-hydrogen) atoms. The van der Waals surface area contributed by atoms with Gasteiger partial charge in [-0.25, -0.2) is 0 Å². The molecule has 152 valence electrons. The average molecular weight is 427 g/mol. The van der Waals surface area contributed by atoms with E-state index < -0.39 is 0 Å². The topological polar surface area (TPSA) is 34.0 Å². The third-order valence-corrected chi connectivity index (χ3v) is 5.76. The van der Waals surface area contributed by atoms with Crippen molar-refractivity contribution in [3.8, 4) is 5.75 Å². The molecule has 1 unspecified atom stereocenters. The first-order valence-corrected chi connectivity index (χ1v) is 10.5. The Bertz CT molecular complexity index is 1220. The van der Waals surface area contributed by atoms with Crippen LogP contribution < -0.4 is 4.74 Å². The molecular weight excluding hydrogens is 406 g/mol. The molecule has 2 aliphatic rings. The first-order chi connectivity index (χ1) is 15.2. The van der Waals surface area contributed by atoms with Gasteiger partial charge < -0.3 is 4.74 Å². The van der Waals surface area contributed by atoms with Crippen molar-refractivity contribution in [3.05, 3.63) is 125 Å². The molecule has 0 saturated carbocycles. The molecule has 0 bridgehead atoms. The molecule has 1 atom stereocenters. The SMILES string of the molecule is Cl[N+]12C=CN=CC1=C(Cc1ccccc1)N=C2c1cccc(OCc2ccccc2)c1. The second kappa shape index (κ2) is 8.34. The molecule has 3 aromatic rings. The second-order valence-corrected chi connectivity index (χ2v) is 7.98. The Hall–Kier alpha value is -3.47. The highest BCUT2D eigenvalue weighted by molar-refractivity contribution is 6.20. The molecule has 0 spiro atoms. The van der Waals surface area contributed by atoms with Gasteiger partial charge in [-0.3, -0.25) is 4.99 Å². The summed E-state index contributed by atoms with van der Waals surface area (Å²) in [5, 5.41) is 0. The maximum atomic E-state index is 7.09. The van der Waals surface area contributed by atoms with E-state index in [1.54, 1.807) is 12.4 Å². The fourth-order valence-electron chi connectivity index (χ4n) is 3.75. The van der Waals surface area contributed by atoms with Crippen molar-refractivity contribution >= 4 is 23.8 Å². The lowest BCUT2D eigenvalue weighted by Crippen LogP contribution is -2.37. The first-order valence-electron chi connectivity index (χ1n) is 10.2. The van der Waals surface area contributed by atoms with Gasteiger partial charge in [0, 0.05) is 6.42 Å². The number of amidine groups is 1. The minimum Gasteiger partial charge on any atom is -0.489 e. The van der Waals surface area contributed by atoms with E-state index in [0.29, 0.717) is 13.0 Å². The summed E-state index contributed by atoms with van der Waals surface area (Å²) in [6.45, 7) is 0.507. The summed E-state index contributed by atoms with van der Waals surface area (Å²) < 4.78 is 6.00. The molecule has 0 saturated heterocycles. The van der Waals surface area contributed by atoms with Crippen molar-refractivity contribution in [1.82, 2.24) is 0 Å². The minimum atomic E-state index is -0.0200. The fraction of sp³-hybridized carbons (Fsp3) is 0.0769. The molecule has 5 rings (SSSR count). The van der Waals surface area contributed by atoms with Crippen LogP contribution in [0.5, 0.6) is 5.75 Å². The van der Waals surface area contributed by atoms with Crippen molar-refractivity contribution in [2.75, 3.05) is 0 Å². The number of hydrogen-bond donors (Lipinski definition) is 0. The Morgan fingerprint density at radius 3 is 2.35 bits per heavy atom. The van der Waals surface area contributed by atoms with E-state index in [4.69, 9.17) is 21.5 Å². The van der Waals surface area contributed by atoms with Gasteiger partial charge in [0.1, 0.15) is 24.3 Å². The van der Waals surface area contributed by atoms with E-state index in [1.165, 1.54) is 5.56 Å². The van der Waals surface area contributed by atoms with Crippen LogP contribution in [0, 0.1) is 0 Å².